The van der Waals surface area contributed by atoms with Gasteiger partial charge in [-0.3, -0.25) is 0 Å². The number of carbonyl (C=O) groups is 3. The van der Waals surface area contributed by atoms with Crippen molar-refractivity contribution in [3.8, 4) is 34.2 Å². The standard InChI is InChI=1S/C24H15N3O6/c28-22(29)16-7-1-4-13(10-16)19-25-20(14-5-2-8-17(11-14)23(30)31)27-21(26-19)15-6-3-9-18(12-15)24(32)33/h1-12H,(H,28,29)(H,30,31)(H,32,33). The van der Waals surface area contributed by atoms with Crippen LogP contribution in [0.5, 0.6) is 0 Å². The summed E-state index contributed by atoms with van der Waals surface area (Å²) in [7, 11) is 0. The lowest BCUT2D eigenvalue weighted by Gasteiger charge is -2.09. The molecule has 4 rings (SSSR count). The number of carboxylic acids is 3. The third-order valence-corrected chi connectivity index (χ3v) is 4.74. The first-order chi connectivity index (χ1) is 15.8. The van der Waals surface area contributed by atoms with Crippen molar-refractivity contribution in [2.45, 2.75) is 0 Å². The van der Waals surface area contributed by atoms with Crippen molar-refractivity contribution in [1.29, 1.82) is 0 Å². The van der Waals surface area contributed by atoms with E-state index in [0.717, 1.165) is 0 Å². The lowest BCUT2D eigenvalue weighted by Crippen LogP contribution is -2.03. The second-order valence-electron chi connectivity index (χ2n) is 6.96. The number of nitrogens with zero attached hydrogens (tertiary/aromatic N) is 3. The van der Waals surface area contributed by atoms with Gasteiger partial charge in [0, 0.05) is 16.7 Å². The first-order valence-corrected chi connectivity index (χ1v) is 9.59. The topological polar surface area (TPSA) is 151 Å². The highest BCUT2D eigenvalue weighted by Crippen LogP contribution is 2.26. The highest BCUT2D eigenvalue weighted by molar-refractivity contribution is 5.90. The van der Waals surface area contributed by atoms with Gasteiger partial charge in [0.05, 0.1) is 16.7 Å². The van der Waals surface area contributed by atoms with Gasteiger partial charge in [-0.2, -0.15) is 0 Å². The Bertz CT molecular complexity index is 1230. The third-order valence-electron chi connectivity index (χ3n) is 4.74. The zero-order chi connectivity index (χ0) is 23.5. The molecule has 0 radical (unpaired) electrons. The van der Waals surface area contributed by atoms with Crippen LogP contribution in [0.25, 0.3) is 34.2 Å². The molecule has 0 saturated heterocycles. The van der Waals surface area contributed by atoms with Crippen molar-refractivity contribution in [1.82, 2.24) is 15.0 Å². The van der Waals surface area contributed by atoms with E-state index in [-0.39, 0.29) is 34.2 Å². The average molecular weight is 441 g/mol. The highest BCUT2D eigenvalue weighted by Gasteiger charge is 2.16. The molecule has 3 aromatic carbocycles. The second kappa shape index (κ2) is 8.67. The minimum atomic E-state index is -1.12. The molecule has 9 nitrogen and oxygen atoms in total. The Hall–Kier alpha value is -4.92. The van der Waals surface area contributed by atoms with Crippen LogP contribution >= 0.6 is 0 Å². The van der Waals surface area contributed by atoms with Crippen molar-refractivity contribution in [3.63, 3.8) is 0 Å². The van der Waals surface area contributed by atoms with Gasteiger partial charge in [-0.25, -0.2) is 29.3 Å². The molecular weight excluding hydrogens is 426 g/mol. The summed E-state index contributed by atoms with van der Waals surface area (Å²) in [4.78, 5) is 47.5. The SMILES string of the molecule is O=C(O)c1cccc(-c2nc(-c3cccc(C(=O)O)c3)nc(-c3cccc(C(=O)O)c3)n2)c1. The number of benzene rings is 3. The Kier molecular flexibility index (Phi) is 5.60. The molecule has 0 fully saturated rings. The summed E-state index contributed by atoms with van der Waals surface area (Å²) < 4.78 is 0. The van der Waals surface area contributed by atoms with Crippen LogP contribution in [0.1, 0.15) is 31.1 Å². The molecule has 0 aliphatic heterocycles. The molecule has 0 saturated carbocycles. The fourth-order valence-electron chi connectivity index (χ4n) is 3.14. The maximum atomic E-state index is 11.4. The molecule has 0 aliphatic rings. The first-order valence-electron chi connectivity index (χ1n) is 9.59. The van der Waals surface area contributed by atoms with Crippen LogP contribution in [0, 0.1) is 0 Å². The van der Waals surface area contributed by atoms with Crippen LogP contribution in [-0.4, -0.2) is 48.2 Å². The summed E-state index contributed by atoms with van der Waals surface area (Å²) in [6, 6.07) is 18.1. The number of hydrogen-bond donors (Lipinski definition) is 3. The van der Waals surface area contributed by atoms with Crippen LogP contribution in [0.15, 0.2) is 72.8 Å². The van der Waals surface area contributed by atoms with Crippen LogP contribution in [0.3, 0.4) is 0 Å². The van der Waals surface area contributed by atoms with Crippen molar-refractivity contribution in [2.24, 2.45) is 0 Å². The predicted octanol–water partition coefficient (Wildman–Crippen LogP) is 3.97. The predicted molar refractivity (Wildman–Crippen MR) is 117 cm³/mol. The summed E-state index contributed by atoms with van der Waals surface area (Å²) in [5, 5.41) is 28.0. The fraction of sp³-hybridized carbons (Fsp3) is 0. The Morgan fingerprint density at radius 1 is 0.485 bits per heavy atom. The number of rotatable bonds is 6. The van der Waals surface area contributed by atoms with Gasteiger partial charge in [-0.15, -0.1) is 0 Å². The van der Waals surface area contributed by atoms with E-state index in [1.165, 1.54) is 36.4 Å². The summed E-state index contributed by atoms with van der Waals surface area (Å²) in [6.07, 6.45) is 0. The monoisotopic (exact) mass is 441 g/mol. The summed E-state index contributed by atoms with van der Waals surface area (Å²) in [6.45, 7) is 0. The third kappa shape index (κ3) is 4.57. The minimum absolute atomic E-state index is 0.0387. The van der Waals surface area contributed by atoms with Gasteiger partial charge in [-0.1, -0.05) is 36.4 Å². The van der Waals surface area contributed by atoms with E-state index in [1.807, 2.05) is 0 Å². The molecule has 4 aromatic rings. The Morgan fingerprint density at radius 3 is 1.00 bits per heavy atom. The smallest absolute Gasteiger partial charge is 0.335 e. The zero-order valence-corrected chi connectivity index (χ0v) is 16.8. The van der Waals surface area contributed by atoms with Gasteiger partial charge in [0.25, 0.3) is 0 Å². The highest BCUT2D eigenvalue weighted by atomic mass is 16.4. The largest absolute Gasteiger partial charge is 0.478 e. The lowest BCUT2D eigenvalue weighted by atomic mass is 10.1. The van der Waals surface area contributed by atoms with Crippen molar-refractivity contribution in [3.05, 3.63) is 89.5 Å². The van der Waals surface area contributed by atoms with E-state index in [1.54, 1.807) is 36.4 Å². The molecule has 9 heteroatoms. The molecule has 0 amide bonds. The quantitative estimate of drug-likeness (QED) is 0.404. The van der Waals surface area contributed by atoms with E-state index in [2.05, 4.69) is 15.0 Å². The molecule has 33 heavy (non-hydrogen) atoms. The van der Waals surface area contributed by atoms with Crippen molar-refractivity contribution < 1.29 is 29.7 Å². The second-order valence-corrected chi connectivity index (χ2v) is 6.96. The van der Waals surface area contributed by atoms with Crippen LogP contribution in [-0.2, 0) is 0 Å². The Labute approximate surface area is 186 Å². The van der Waals surface area contributed by atoms with Crippen molar-refractivity contribution >= 4 is 17.9 Å². The van der Waals surface area contributed by atoms with Crippen LogP contribution in [0.4, 0.5) is 0 Å². The van der Waals surface area contributed by atoms with Crippen LogP contribution < -0.4 is 0 Å². The average Bonchev–Trinajstić information content (AvgIpc) is 2.84. The van der Waals surface area contributed by atoms with Gasteiger partial charge in [0.2, 0.25) is 0 Å². The molecule has 3 N–H and O–H groups in total. The van der Waals surface area contributed by atoms with Crippen molar-refractivity contribution in [2.75, 3.05) is 0 Å². The van der Waals surface area contributed by atoms with Gasteiger partial charge in [0.1, 0.15) is 0 Å². The zero-order valence-electron chi connectivity index (χ0n) is 16.8. The molecule has 0 bridgehead atoms. The summed E-state index contributed by atoms with van der Waals surface area (Å²) in [5.74, 6) is -2.89. The molecule has 1 heterocycles. The van der Waals surface area contributed by atoms with E-state index in [0.29, 0.717) is 16.7 Å². The molecule has 0 atom stereocenters. The molecule has 162 valence electrons. The fourth-order valence-corrected chi connectivity index (χ4v) is 3.14. The molecule has 0 unspecified atom stereocenters. The maximum Gasteiger partial charge on any atom is 0.335 e. The van der Waals surface area contributed by atoms with Gasteiger partial charge < -0.3 is 15.3 Å². The molecule has 0 aliphatic carbocycles. The number of aromatic carboxylic acids is 3. The Morgan fingerprint density at radius 2 is 0.758 bits per heavy atom. The minimum Gasteiger partial charge on any atom is -0.478 e. The van der Waals surface area contributed by atoms with E-state index < -0.39 is 17.9 Å². The van der Waals surface area contributed by atoms with E-state index in [9.17, 15) is 29.7 Å². The van der Waals surface area contributed by atoms with Gasteiger partial charge in [-0.05, 0) is 36.4 Å². The first kappa shape index (κ1) is 21.3. The Balaban J connectivity index is 1.94. The lowest BCUT2D eigenvalue weighted by molar-refractivity contribution is 0.0686. The van der Waals surface area contributed by atoms with E-state index in [4.69, 9.17) is 0 Å². The summed E-state index contributed by atoms with van der Waals surface area (Å²) in [5.41, 5.74) is 1.33. The van der Waals surface area contributed by atoms with Crippen LogP contribution in [0.2, 0.25) is 0 Å². The normalized spacial score (nSPS) is 10.5. The molecular formula is C24H15N3O6. The van der Waals surface area contributed by atoms with Gasteiger partial charge >= 0.3 is 17.9 Å². The number of hydrogen-bond acceptors (Lipinski definition) is 6. The summed E-state index contributed by atoms with van der Waals surface area (Å²) >= 11 is 0. The van der Waals surface area contributed by atoms with E-state index >= 15 is 0 Å². The number of aromatic nitrogens is 3. The molecule has 0 spiro atoms. The van der Waals surface area contributed by atoms with Gasteiger partial charge in [0.15, 0.2) is 17.5 Å². The number of carboxylic acid groups (broad SMARTS) is 3. The molecule has 1 aromatic heterocycles. The maximum absolute atomic E-state index is 11.4.